The molecule has 1 N–H and O–H groups in total. The van der Waals surface area contributed by atoms with E-state index in [9.17, 15) is 0 Å². The zero-order chi connectivity index (χ0) is 18.8. The molecule has 3 aromatic heterocycles. The number of thiazole rings is 1. The smallest absolute Gasteiger partial charge is 0.132 e. The number of rotatable bonds is 4. The van der Waals surface area contributed by atoms with Gasteiger partial charge in [-0.3, -0.25) is 4.90 Å². The van der Waals surface area contributed by atoms with Gasteiger partial charge in [-0.2, -0.15) is 0 Å². The van der Waals surface area contributed by atoms with Gasteiger partial charge in [0.2, 0.25) is 0 Å². The average molecular weight is 394 g/mol. The molecular formula is C20H23N7S. The monoisotopic (exact) mass is 393 g/mol. The van der Waals surface area contributed by atoms with E-state index in [1.165, 1.54) is 21.9 Å². The van der Waals surface area contributed by atoms with Crippen molar-refractivity contribution in [1.82, 2.24) is 35.1 Å². The van der Waals surface area contributed by atoms with Crippen molar-refractivity contribution < 1.29 is 0 Å². The quantitative estimate of drug-likeness (QED) is 0.729. The first-order chi connectivity index (χ1) is 13.8. The molecule has 144 valence electrons. The van der Waals surface area contributed by atoms with Crippen LogP contribution in [0.25, 0.3) is 11.3 Å². The first-order valence-corrected chi connectivity index (χ1v) is 10.7. The van der Waals surface area contributed by atoms with Gasteiger partial charge in [0.05, 0.1) is 17.9 Å². The highest BCUT2D eigenvalue weighted by Crippen LogP contribution is 2.29. The maximum absolute atomic E-state index is 4.87. The van der Waals surface area contributed by atoms with Gasteiger partial charge in [-0.05, 0) is 32.0 Å². The fourth-order valence-electron chi connectivity index (χ4n) is 3.95. The van der Waals surface area contributed by atoms with Crippen molar-refractivity contribution in [1.29, 1.82) is 0 Å². The van der Waals surface area contributed by atoms with Gasteiger partial charge in [0.1, 0.15) is 17.2 Å². The van der Waals surface area contributed by atoms with E-state index in [0.717, 1.165) is 69.1 Å². The van der Waals surface area contributed by atoms with Crippen LogP contribution in [-0.2, 0) is 19.5 Å². The van der Waals surface area contributed by atoms with Crippen molar-refractivity contribution in [3.8, 4) is 11.3 Å². The number of hydrogen-bond acceptors (Lipinski definition) is 8. The van der Waals surface area contributed by atoms with Gasteiger partial charge >= 0.3 is 0 Å². The molecule has 1 fully saturated rings. The Hall–Kier alpha value is -2.29. The van der Waals surface area contributed by atoms with Crippen LogP contribution in [-0.4, -0.2) is 49.5 Å². The molecule has 2 aliphatic rings. The third-order valence-corrected chi connectivity index (χ3v) is 6.57. The zero-order valence-electron chi connectivity index (χ0n) is 15.7. The van der Waals surface area contributed by atoms with Gasteiger partial charge in [0.25, 0.3) is 0 Å². The Balaban J connectivity index is 1.22. The Morgan fingerprint density at radius 3 is 2.82 bits per heavy atom. The highest BCUT2D eigenvalue weighted by Gasteiger charge is 2.24. The zero-order valence-corrected chi connectivity index (χ0v) is 16.5. The average Bonchev–Trinajstić information content (AvgIpc) is 3.17. The van der Waals surface area contributed by atoms with E-state index in [2.05, 4.69) is 25.2 Å². The van der Waals surface area contributed by atoms with Gasteiger partial charge in [-0.15, -0.1) is 11.3 Å². The van der Waals surface area contributed by atoms with Crippen molar-refractivity contribution in [2.45, 2.75) is 38.3 Å². The van der Waals surface area contributed by atoms with Crippen LogP contribution in [0.2, 0.25) is 0 Å². The standard InChI is InChI=1S/C20H23N7S/c1-5-21-11-18-17(1)25-19(28-18)12-27-7-3-14(4-8-27)20-24-6-2-16(26-20)15-9-22-13-23-10-15/h2,6,9-10,13-14,21H,1,3-5,7-8,11-12H2. The summed E-state index contributed by atoms with van der Waals surface area (Å²) in [5.74, 6) is 1.35. The van der Waals surface area contributed by atoms with Gasteiger partial charge in [0, 0.05) is 54.5 Å². The lowest BCUT2D eigenvalue weighted by Gasteiger charge is -2.30. The Labute approximate surface area is 168 Å². The molecule has 0 unspecified atom stereocenters. The second-order valence-corrected chi connectivity index (χ2v) is 8.55. The fourth-order valence-corrected chi connectivity index (χ4v) is 5.08. The predicted molar refractivity (Wildman–Crippen MR) is 108 cm³/mol. The maximum atomic E-state index is 4.87. The third-order valence-electron chi connectivity index (χ3n) is 5.49. The minimum absolute atomic E-state index is 0.412. The summed E-state index contributed by atoms with van der Waals surface area (Å²) < 4.78 is 0. The van der Waals surface area contributed by atoms with Gasteiger partial charge in [0.15, 0.2) is 0 Å². The van der Waals surface area contributed by atoms with Gasteiger partial charge < -0.3 is 5.32 Å². The number of hydrogen-bond donors (Lipinski definition) is 1. The van der Waals surface area contributed by atoms with Crippen LogP contribution in [0, 0.1) is 0 Å². The molecular weight excluding hydrogens is 370 g/mol. The highest BCUT2D eigenvalue weighted by molar-refractivity contribution is 7.11. The van der Waals surface area contributed by atoms with E-state index in [1.807, 2.05) is 23.6 Å². The number of nitrogens with one attached hydrogen (secondary N) is 1. The Bertz CT molecular complexity index is 911. The Kier molecular flexibility index (Phi) is 5.07. The number of piperidine rings is 1. The summed E-state index contributed by atoms with van der Waals surface area (Å²) in [6.45, 7) is 5.13. The molecule has 2 aliphatic heterocycles. The largest absolute Gasteiger partial charge is 0.311 e. The lowest BCUT2D eigenvalue weighted by atomic mass is 9.96. The van der Waals surface area contributed by atoms with Crippen LogP contribution in [0.1, 0.15) is 40.2 Å². The topological polar surface area (TPSA) is 79.7 Å². The fraction of sp³-hybridized carbons (Fsp3) is 0.450. The van der Waals surface area contributed by atoms with Crippen LogP contribution in [0.5, 0.6) is 0 Å². The number of aromatic nitrogens is 5. The summed E-state index contributed by atoms with van der Waals surface area (Å²) in [5, 5.41) is 4.69. The Morgan fingerprint density at radius 1 is 1.14 bits per heavy atom. The first-order valence-electron chi connectivity index (χ1n) is 9.84. The van der Waals surface area contributed by atoms with E-state index in [1.54, 1.807) is 12.4 Å². The van der Waals surface area contributed by atoms with Gasteiger partial charge in [-0.25, -0.2) is 24.9 Å². The van der Waals surface area contributed by atoms with Crippen molar-refractivity contribution in [3.05, 3.63) is 52.4 Å². The van der Waals surface area contributed by atoms with Crippen LogP contribution in [0.4, 0.5) is 0 Å². The van der Waals surface area contributed by atoms with Gasteiger partial charge in [-0.1, -0.05) is 0 Å². The Morgan fingerprint density at radius 2 is 2.00 bits per heavy atom. The molecule has 0 bridgehead atoms. The highest BCUT2D eigenvalue weighted by atomic mass is 32.1. The normalized spacial score (nSPS) is 18.1. The molecule has 0 spiro atoms. The molecule has 5 heterocycles. The SMILES string of the molecule is c1ncc(-c2ccnc(C3CCN(Cc4nc5c(s4)CNCC5)CC3)n2)cn1. The lowest BCUT2D eigenvalue weighted by molar-refractivity contribution is 0.201. The molecule has 0 radical (unpaired) electrons. The molecule has 0 amide bonds. The molecule has 0 aliphatic carbocycles. The molecule has 0 saturated carbocycles. The molecule has 1 saturated heterocycles. The summed E-state index contributed by atoms with van der Waals surface area (Å²) in [7, 11) is 0. The second-order valence-electron chi connectivity index (χ2n) is 7.38. The van der Waals surface area contributed by atoms with E-state index in [-0.39, 0.29) is 0 Å². The molecule has 0 aromatic carbocycles. The molecule has 0 atom stereocenters. The van der Waals surface area contributed by atoms with Crippen LogP contribution in [0.3, 0.4) is 0 Å². The third kappa shape index (κ3) is 3.80. The number of likely N-dealkylation sites (tertiary alicyclic amines) is 1. The van der Waals surface area contributed by atoms with Crippen LogP contribution < -0.4 is 5.32 Å². The number of nitrogens with zero attached hydrogens (tertiary/aromatic N) is 6. The lowest BCUT2D eigenvalue weighted by Crippen LogP contribution is -2.33. The molecule has 3 aromatic rings. The van der Waals surface area contributed by atoms with Crippen molar-refractivity contribution in [2.75, 3.05) is 19.6 Å². The minimum atomic E-state index is 0.412. The van der Waals surface area contributed by atoms with E-state index < -0.39 is 0 Å². The summed E-state index contributed by atoms with van der Waals surface area (Å²) >= 11 is 1.87. The summed E-state index contributed by atoms with van der Waals surface area (Å²) in [4.78, 5) is 26.3. The first kappa shape index (κ1) is 17.8. The van der Waals surface area contributed by atoms with Crippen LogP contribution >= 0.6 is 11.3 Å². The van der Waals surface area contributed by atoms with Crippen molar-refractivity contribution in [2.24, 2.45) is 0 Å². The van der Waals surface area contributed by atoms with Crippen LogP contribution in [0.15, 0.2) is 31.0 Å². The van der Waals surface area contributed by atoms with Crippen molar-refractivity contribution in [3.63, 3.8) is 0 Å². The van der Waals surface area contributed by atoms with Crippen molar-refractivity contribution >= 4 is 11.3 Å². The summed E-state index contributed by atoms with van der Waals surface area (Å²) in [6.07, 6.45) is 10.2. The van der Waals surface area contributed by atoms with E-state index in [0.29, 0.717) is 5.92 Å². The predicted octanol–water partition coefficient (Wildman–Crippen LogP) is 2.42. The second kappa shape index (κ2) is 7.98. The molecule has 5 rings (SSSR count). The molecule has 7 nitrogen and oxygen atoms in total. The van der Waals surface area contributed by atoms with E-state index in [4.69, 9.17) is 9.97 Å². The molecule has 8 heteroatoms. The maximum Gasteiger partial charge on any atom is 0.132 e. The summed E-state index contributed by atoms with van der Waals surface area (Å²) in [5.41, 5.74) is 3.14. The minimum Gasteiger partial charge on any atom is -0.311 e. The van der Waals surface area contributed by atoms with E-state index >= 15 is 0 Å². The molecule has 28 heavy (non-hydrogen) atoms. The summed E-state index contributed by atoms with van der Waals surface area (Å²) in [6, 6.07) is 1.93. The number of fused-ring (bicyclic) bond motifs is 1.